The Morgan fingerprint density at radius 3 is 2.81 bits per heavy atom. The standard InChI is InChI=1S/C15H15ClN2O3/c1-18-6-5-11(8-14(18)20)15(21)17-9-13(19)10-3-2-4-12(16)7-10/h2-8,13,19H,9H2,1H3,(H,17,21)/t13-/m0/s1. The Labute approximate surface area is 126 Å². The lowest BCUT2D eigenvalue weighted by Crippen LogP contribution is -2.29. The number of amides is 1. The quantitative estimate of drug-likeness (QED) is 0.899. The Bertz CT molecular complexity index is 712. The van der Waals surface area contributed by atoms with Gasteiger partial charge in [-0.1, -0.05) is 23.7 Å². The molecule has 2 rings (SSSR count). The molecule has 0 spiro atoms. The summed E-state index contributed by atoms with van der Waals surface area (Å²) in [7, 11) is 1.60. The second-order valence-electron chi connectivity index (χ2n) is 4.65. The first kappa shape index (κ1) is 15.3. The van der Waals surface area contributed by atoms with Crippen molar-refractivity contribution in [2.75, 3.05) is 6.54 Å². The van der Waals surface area contributed by atoms with Crippen LogP contribution in [0.25, 0.3) is 0 Å². The lowest BCUT2D eigenvalue weighted by atomic mass is 10.1. The van der Waals surface area contributed by atoms with Gasteiger partial charge in [0.25, 0.3) is 11.5 Å². The predicted molar refractivity (Wildman–Crippen MR) is 80.4 cm³/mol. The van der Waals surface area contributed by atoms with Crippen LogP contribution in [0.2, 0.25) is 5.02 Å². The number of aliphatic hydroxyl groups excluding tert-OH is 1. The number of nitrogens with one attached hydrogen (secondary N) is 1. The SMILES string of the molecule is Cn1ccc(C(=O)NC[C@H](O)c2cccc(Cl)c2)cc1=O. The van der Waals surface area contributed by atoms with Gasteiger partial charge in [0, 0.05) is 36.4 Å². The topological polar surface area (TPSA) is 71.3 Å². The van der Waals surface area contributed by atoms with E-state index in [0.29, 0.717) is 10.6 Å². The van der Waals surface area contributed by atoms with Crippen LogP contribution in [-0.4, -0.2) is 22.1 Å². The first-order valence-electron chi connectivity index (χ1n) is 6.36. The number of carbonyl (C=O) groups excluding carboxylic acids is 1. The van der Waals surface area contributed by atoms with Gasteiger partial charge < -0.3 is 15.0 Å². The predicted octanol–water partition coefficient (Wildman–Crippen LogP) is 1.50. The van der Waals surface area contributed by atoms with E-state index >= 15 is 0 Å². The number of hydrogen-bond acceptors (Lipinski definition) is 3. The molecule has 5 nitrogen and oxygen atoms in total. The van der Waals surface area contributed by atoms with Crippen molar-refractivity contribution in [3.05, 3.63) is 69.1 Å². The first-order chi connectivity index (χ1) is 9.97. The van der Waals surface area contributed by atoms with Gasteiger partial charge in [-0.05, 0) is 23.8 Å². The first-order valence-corrected chi connectivity index (χ1v) is 6.73. The van der Waals surface area contributed by atoms with Gasteiger partial charge in [0.05, 0.1) is 6.10 Å². The largest absolute Gasteiger partial charge is 0.387 e. The average Bonchev–Trinajstić information content (AvgIpc) is 2.47. The van der Waals surface area contributed by atoms with E-state index in [9.17, 15) is 14.7 Å². The van der Waals surface area contributed by atoms with Crippen molar-refractivity contribution in [1.82, 2.24) is 9.88 Å². The molecule has 0 radical (unpaired) electrons. The second kappa shape index (κ2) is 6.56. The molecule has 0 bridgehead atoms. The molecule has 21 heavy (non-hydrogen) atoms. The molecule has 1 aromatic carbocycles. The molecule has 0 fully saturated rings. The maximum absolute atomic E-state index is 11.9. The third-order valence-electron chi connectivity index (χ3n) is 3.06. The summed E-state index contributed by atoms with van der Waals surface area (Å²) in [6.45, 7) is 0.0361. The van der Waals surface area contributed by atoms with Gasteiger partial charge in [-0.15, -0.1) is 0 Å². The zero-order valence-electron chi connectivity index (χ0n) is 11.4. The fourth-order valence-corrected chi connectivity index (χ4v) is 2.01. The fraction of sp³-hybridized carbons (Fsp3) is 0.200. The van der Waals surface area contributed by atoms with Crippen molar-refractivity contribution < 1.29 is 9.90 Å². The molecule has 0 saturated carbocycles. The molecule has 0 unspecified atom stereocenters. The van der Waals surface area contributed by atoms with Gasteiger partial charge in [-0.25, -0.2) is 0 Å². The molecule has 0 aliphatic rings. The maximum Gasteiger partial charge on any atom is 0.251 e. The minimum Gasteiger partial charge on any atom is -0.387 e. The van der Waals surface area contributed by atoms with Crippen molar-refractivity contribution in [3.63, 3.8) is 0 Å². The van der Waals surface area contributed by atoms with Crippen LogP contribution in [0.15, 0.2) is 47.4 Å². The van der Waals surface area contributed by atoms with Gasteiger partial charge >= 0.3 is 0 Å². The Hall–Kier alpha value is -2.11. The minimum absolute atomic E-state index is 0.0361. The molecule has 2 N–H and O–H groups in total. The number of rotatable bonds is 4. The number of hydrogen-bond donors (Lipinski definition) is 2. The fourth-order valence-electron chi connectivity index (χ4n) is 1.81. The van der Waals surface area contributed by atoms with Crippen molar-refractivity contribution in [3.8, 4) is 0 Å². The monoisotopic (exact) mass is 306 g/mol. The lowest BCUT2D eigenvalue weighted by molar-refractivity contribution is 0.0916. The van der Waals surface area contributed by atoms with Crippen LogP contribution in [0.3, 0.4) is 0 Å². The van der Waals surface area contributed by atoms with Crippen LogP contribution in [0, 0.1) is 0 Å². The van der Waals surface area contributed by atoms with Gasteiger partial charge in [0.2, 0.25) is 0 Å². The molecular weight excluding hydrogens is 292 g/mol. The third kappa shape index (κ3) is 3.93. The summed E-state index contributed by atoms with van der Waals surface area (Å²) in [5.41, 5.74) is 0.612. The van der Waals surface area contributed by atoms with Crippen molar-refractivity contribution >= 4 is 17.5 Å². The van der Waals surface area contributed by atoms with Crippen LogP contribution in [0.4, 0.5) is 0 Å². The number of aliphatic hydroxyl groups is 1. The summed E-state index contributed by atoms with van der Waals surface area (Å²) in [5.74, 6) is -0.409. The highest BCUT2D eigenvalue weighted by molar-refractivity contribution is 6.30. The van der Waals surface area contributed by atoms with Gasteiger partial charge in [-0.2, -0.15) is 0 Å². The Morgan fingerprint density at radius 1 is 1.38 bits per heavy atom. The summed E-state index contributed by atoms with van der Waals surface area (Å²) >= 11 is 5.84. The highest BCUT2D eigenvalue weighted by atomic mass is 35.5. The van der Waals surface area contributed by atoms with Crippen LogP contribution in [-0.2, 0) is 7.05 Å². The maximum atomic E-state index is 11.9. The summed E-state index contributed by atoms with van der Waals surface area (Å²) < 4.78 is 1.37. The van der Waals surface area contributed by atoms with Crippen LogP contribution >= 0.6 is 11.6 Å². The molecule has 1 heterocycles. The Kier molecular flexibility index (Phi) is 4.77. The number of nitrogens with zero attached hydrogens (tertiary/aromatic N) is 1. The van der Waals surface area contributed by atoms with Gasteiger partial charge in [0.1, 0.15) is 0 Å². The smallest absolute Gasteiger partial charge is 0.251 e. The van der Waals surface area contributed by atoms with E-state index in [1.807, 2.05) is 0 Å². The second-order valence-corrected chi connectivity index (χ2v) is 5.08. The van der Waals surface area contributed by atoms with Crippen LogP contribution in [0.5, 0.6) is 0 Å². The van der Waals surface area contributed by atoms with E-state index < -0.39 is 12.0 Å². The van der Waals surface area contributed by atoms with E-state index in [-0.39, 0.29) is 17.7 Å². The van der Waals surface area contributed by atoms with Crippen molar-refractivity contribution in [2.45, 2.75) is 6.10 Å². The molecule has 6 heteroatoms. The third-order valence-corrected chi connectivity index (χ3v) is 3.29. The molecule has 0 saturated heterocycles. The number of pyridine rings is 1. The van der Waals surface area contributed by atoms with Crippen molar-refractivity contribution in [2.24, 2.45) is 7.05 Å². The molecule has 1 aromatic heterocycles. The summed E-state index contributed by atoms with van der Waals surface area (Å²) in [5, 5.41) is 13.1. The zero-order chi connectivity index (χ0) is 15.4. The van der Waals surface area contributed by atoms with E-state index in [2.05, 4.69) is 5.32 Å². The van der Waals surface area contributed by atoms with Gasteiger partial charge in [0.15, 0.2) is 0 Å². The molecule has 0 aliphatic carbocycles. The molecule has 1 atom stereocenters. The number of halogens is 1. The number of benzene rings is 1. The van der Waals surface area contributed by atoms with E-state index in [1.54, 1.807) is 37.4 Å². The molecule has 0 aliphatic heterocycles. The normalized spacial score (nSPS) is 12.0. The van der Waals surface area contributed by atoms with Crippen molar-refractivity contribution in [1.29, 1.82) is 0 Å². The molecule has 110 valence electrons. The molecule has 1 amide bonds. The Morgan fingerprint density at radius 2 is 2.14 bits per heavy atom. The van der Waals surface area contributed by atoms with Crippen LogP contribution < -0.4 is 10.9 Å². The summed E-state index contributed by atoms with van der Waals surface area (Å²) in [6.07, 6.45) is 0.657. The number of aromatic nitrogens is 1. The number of carbonyl (C=O) groups is 1. The number of aryl methyl sites for hydroxylation is 1. The van der Waals surface area contributed by atoms with Crippen LogP contribution in [0.1, 0.15) is 22.0 Å². The van der Waals surface area contributed by atoms with Gasteiger partial charge in [-0.3, -0.25) is 9.59 Å². The molecule has 2 aromatic rings. The Balaban J connectivity index is 2.00. The van der Waals surface area contributed by atoms with E-state index in [1.165, 1.54) is 16.8 Å². The lowest BCUT2D eigenvalue weighted by Gasteiger charge is -2.12. The highest BCUT2D eigenvalue weighted by Crippen LogP contribution is 2.17. The summed E-state index contributed by atoms with van der Waals surface area (Å²) in [4.78, 5) is 23.4. The summed E-state index contributed by atoms with van der Waals surface area (Å²) in [6, 6.07) is 9.58. The molecular formula is C15H15ClN2O3. The average molecular weight is 307 g/mol. The zero-order valence-corrected chi connectivity index (χ0v) is 12.2. The van der Waals surface area contributed by atoms with E-state index in [0.717, 1.165) is 0 Å². The van der Waals surface area contributed by atoms with E-state index in [4.69, 9.17) is 11.6 Å². The highest BCUT2D eigenvalue weighted by Gasteiger charge is 2.11. The minimum atomic E-state index is -0.862.